The van der Waals surface area contributed by atoms with E-state index < -0.39 is 0 Å². The van der Waals surface area contributed by atoms with Crippen molar-refractivity contribution in [2.24, 2.45) is 0 Å². The van der Waals surface area contributed by atoms with Crippen LogP contribution in [0.25, 0.3) is 21.3 Å². The molecule has 0 bridgehead atoms. The number of carbonyl (C=O) groups is 1. The maximum absolute atomic E-state index is 12.4. The van der Waals surface area contributed by atoms with E-state index in [0.717, 1.165) is 33.5 Å². The predicted molar refractivity (Wildman–Crippen MR) is 122 cm³/mol. The van der Waals surface area contributed by atoms with Crippen molar-refractivity contribution in [3.63, 3.8) is 0 Å². The first-order valence-electron chi connectivity index (χ1n) is 9.96. The van der Waals surface area contributed by atoms with Crippen molar-refractivity contribution < 1.29 is 9.53 Å². The van der Waals surface area contributed by atoms with Crippen LogP contribution in [0.4, 0.5) is 5.69 Å². The zero-order valence-electron chi connectivity index (χ0n) is 17.0. The lowest BCUT2D eigenvalue weighted by Gasteiger charge is -2.11. The molecule has 0 aliphatic rings. The summed E-state index contributed by atoms with van der Waals surface area (Å²) in [6, 6.07) is 18.0. The molecule has 0 fully saturated rings. The van der Waals surface area contributed by atoms with E-state index in [0.29, 0.717) is 11.8 Å². The first-order chi connectivity index (χ1) is 14.7. The molecule has 2 aromatic carbocycles. The van der Waals surface area contributed by atoms with Crippen LogP contribution in [0.2, 0.25) is 0 Å². The lowest BCUT2D eigenvalue weighted by molar-refractivity contribution is -0.118. The Morgan fingerprint density at radius 3 is 2.60 bits per heavy atom. The third-order valence-electron chi connectivity index (χ3n) is 5.14. The molecule has 1 atom stereocenters. The fraction of sp³-hybridized carbons (Fsp3) is 0.208. The summed E-state index contributed by atoms with van der Waals surface area (Å²) < 4.78 is 5.80. The molecule has 0 saturated carbocycles. The minimum absolute atomic E-state index is 0.122. The predicted octanol–water partition coefficient (Wildman–Crippen LogP) is 5.89. The first-order valence-corrected chi connectivity index (χ1v) is 10.8. The summed E-state index contributed by atoms with van der Waals surface area (Å²) in [5.41, 5.74) is 4.09. The van der Waals surface area contributed by atoms with Gasteiger partial charge in [0.15, 0.2) is 6.61 Å². The Morgan fingerprint density at radius 2 is 1.87 bits per heavy atom. The molecule has 152 valence electrons. The Morgan fingerprint density at radius 1 is 1.10 bits per heavy atom. The number of thiophene rings is 1. The van der Waals surface area contributed by atoms with E-state index in [2.05, 4.69) is 41.3 Å². The molecule has 0 aliphatic carbocycles. The summed E-state index contributed by atoms with van der Waals surface area (Å²) in [4.78, 5) is 21.9. The van der Waals surface area contributed by atoms with E-state index >= 15 is 0 Å². The highest BCUT2D eigenvalue weighted by atomic mass is 32.1. The number of hydrogen-bond acceptors (Lipinski definition) is 5. The van der Waals surface area contributed by atoms with Gasteiger partial charge in [-0.1, -0.05) is 56.3 Å². The SMILES string of the molecule is CC[C@H](C)c1ccc(NC(=O)COc2ncnc3scc(-c4ccccc4)c23)cc1. The van der Waals surface area contributed by atoms with Crippen LogP contribution in [0.15, 0.2) is 66.3 Å². The number of carbonyl (C=O) groups excluding carboxylic acids is 1. The van der Waals surface area contributed by atoms with Crippen LogP contribution < -0.4 is 10.1 Å². The number of aromatic nitrogens is 2. The molecule has 4 aromatic rings. The minimum atomic E-state index is -0.227. The van der Waals surface area contributed by atoms with Gasteiger partial charge < -0.3 is 10.1 Å². The number of hydrogen-bond donors (Lipinski definition) is 1. The Kier molecular flexibility index (Phi) is 6.05. The van der Waals surface area contributed by atoms with E-state index in [4.69, 9.17) is 4.74 Å². The van der Waals surface area contributed by atoms with Crippen LogP contribution in [0.1, 0.15) is 31.7 Å². The Bertz CT molecular complexity index is 1140. The van der Waals surface area contributed by atoms with Gasteiger partial charge in [-0.2, -0.15) is 0 Å². The minimum Gasteiger partial charge on any atom is -0.467 e. The van der Waals surface area contributed by atoms with Crippen molar-refractivity contribution in [2.45, 2.75) is 26.2 Å². The molecule has 0 unspecified atom stereocenters. The molecule has 5 nitrogen and oxygen atoms in total. The standard InChI is InChI=1S/C24H23N3O2S/c1-3-16(2)17-9-11-19(12-10-17)27-21(28)13-29-23-22-20(18-7-5-4-6-8-18)14-30-24(22)26-15-25-23/h4-12,14-16H,3,13H2,1-2H3,(H,27,28)/t16-/m0/s1. The Balaban J connectivity index is 1.47. The van der Waals surface area contributed by atoms with E-state index in [-0.39, 0.29) is 12.5 Å². The van der Waals surface area contributed by atoms with E-state index in [9.17, 15) is 4.79 Å². The Labute approximate surface area is 179 Å². The van der Waals surface area contributed by atoms with Gasteiger partial charge >= 0.3 is 0 Å². The van der Waals surface area contributed by atoms with Gasteiger partial charge in [0.1, 0.15) is 11.2 Å². The van der Waals surface area contributed by atoms with Crippen molar-refractivity contribution >= 4 is 33.1 Å². The van der Waals surface area contributed by atoms with E-state index in [1.165, 1.54) is 23.2 Å². The largest absolute Gasteiger partial charge is 0.467 e. The van der Waals surface area contributed by atoms with Crippen molar-refractivity contribution in [1.82, 2.24) is 9.97 Å². The third-order valence-corrected chi connectivity index (χ3v) is 6.02. The summed E-state index contributed by atoms with van der Waals surface area (Å²) >= 11 is 1.53. The first kappa shape index (κ1) is 20.0. The second kappa shape index (κ2) is 9.05. The molecule has 4 rings (SSSR count). The van der Waals surface area contributed by atoms with Crippen molar-refractivity contribution in [1.29, 1.82) is 0 Å². The topological polar surface area (TPSA) is 64.1 Å². The van der Waals surface area contributed by atoms with Gasteiger partial charge in [0, 0.05) is 16.6 Å². The highest BCUT2D eigenvalue weighted by Gasteiger charge is 2.15. The summed E-state index contributed by atoms with van der Waals surface area (Å²) in [6.07, 6.45) is 2.55. The van der Waals surface area contributed by atoms with Crippen LogP contribution in [0, 0.1) is 0 Å². The molecule has 0 saturated heterocycles. The van der Waals surface area contributed by atoms with Crippen LogP contribution in [0.3, 0.4) is 0 Å². The summed E-state index contributed by atoms with van der Waals surface area (Å²) in [6.45, 7) is 4.24. The number of nitrogens with one attached hydrogen (secondary N) is 1. The van der Waals surface area contributed by atoms with Crippen LogP contribution in [0.5, 0.6) is 5.88 Å². The van der Waals surface area contributed by atoms with Crippen LogP contribution in [-0.2, 0) is 4.79 Å². The number of nitrogens with zero attached hydrogens (tertiary/aromatic N) is 2. The van der Waals surface area contributed by atoms with Gasteiger partial charge in [0.25, 0.3) is 5.91 Å². The normalized spacial score (nSPS) is 11.9. The maximum Gasteiger partial charge on any atom is 0.262 e. The maximum atomic E-state index is 12.4. The quantitative estimate of drug-likeness (QED) is 0.407. The number of anilines is 1. The number of ether oxygens (including phenoxy) is 1. The fourth-order valence-corrected chi connectivity index (χ4v) is 4.16. The van der Waals surface area contributed by atoms with Crippen LogP contribution >= 0.6 is 11.3 Å². The van der Waals surface area contributed by atoms with E-state index in [1.807, 2.05) is 47.8 Å². The summed E-state index contributed by atoms with van der Waals surface area (Å²) in [7, 11) is 0. The van der Waals surface area contributed by atoms with Gasteiger partial charge in [0.2, 0.25) is 5.88 Å². The molecule has 0 radical (unpaired) electrons. The second-order valence-corrected chi connectivity index (χ2v) is 8.00. The second-order valence-electron chi connectivity index (χ2n) is 7.14. The molecule has 1 N–H and O–H groups in total. The smallest absolute Gasteiger partial charge is 0.262 e. The lowest BCUT2D eigenvalue weighted by atomic mass is 9.99. The Hall–Kier alpha value is -3.25. The van der Waals surface area contributed by atoms with Crippen molar-refractivity contribution in [3.05, 3.63) is 71.9 Å². The highest BCUT2D eigenvalue weighted by molar-refractivity contribution is 7.17. The molecule has 0 aliphatic heterocycles. The monoisotopic (exact) mass is 417 g/mol. The average Bonchev–Trinajstić information content (AvgIpc) is 3.23. The van der Waals surface area contributed by atoms with Gasteiger partial charge in [-0.05, 0) is 35.6 Å². The van der Waals surface area contributed by atoms with Gasteiger partial charge in [-0.3, -0.25) is 4.79 Å². The molecule has 30 heavy (non-hydrogen) atoms. The molecular formula is C24H23N3O2S. The van der Waals surface area contributed by atoms with Gasteiger partial charge in [0.05, 0.1) is 5.39 Å². The molecule has 2 aromatic heterocycles. The van der Waals surface area contributed by atoms with Gasteiger partial charge in [-0.15, -0.1) is 11.3 Å². The molecular weight excluding hydrogens is 394 g/mol. The molecule has 6 heteroatoms. The molecule has 2 heterocycles. The number of amides is 1. The number of fused-ring (bicyclic) bond motifs is 1. The van der Waals surface area contributed by atoms with Crippen molar-refractivity contribution in [3.8, 4) is 17.0 Å². The molecule has 1 amide bonds. The lowest BCUT2D eigenvalue weighted by Crippen LogP contribution is -2.20. The summed E-state index contributed by atoms with van der Waals surface area (Å²) in [5, 5.41) is 5.75. The third kappa shape index (κ3) is 4.33. The molecule has 0 spiro atoms. The van der Waals surface area contributed by atoms with Crippen molar-refractivity contribution in [2.75, 3.05) is 11.9 Å². The van der Waals surface area contributed by atoms with Gasteiger partial charge in [-0.25, -0.2) is 9.97 Å². The van der Waals surface area contributed by atoms with E-state index in [1.54, 1.807) is 0 Å². The highest BCUT2D eigenvalue weighted by Crippen LogP contribution is 2.37. The zero-order valence-corrected chi connectivity index (χ0v) is 17.8. The summed E-state index contributed by atoms with van der Waals surface area (Å²) in [5.74, 6) is 0.694. The van der Waals surface area contributed by atoms with Crippen LogP contribution in [-0.4, -0.2) is 22.5 Å². The fourth-order valence-electron chi connectivity index (χ4n) is 3.25. The zero-order chi connectivity index (χ0) is 20.9. The average molecular weight is 418 g/mol. The number of benzene rings is 2. The number of rotatable bonds is 7.